The van der Waals surface area contributed by atoms with Gasteiger partial charge < -0.3 is 24.2 Å². The summed E-state index contributed by atoms with van der Waals surface area (Å²) in [6.45, 7) is 6.57. The molecular formula is C28H38N4O4. The Bertz CT molecular complexity index is 988. The van der Waals surface area contributed by atoms with Crippen molar-refractivity contribution < 1.29 is 19.1 Å². The smallest absolute Gasteiger partial charge is 0.236 e. The predicted octanol–water partition coefficient (Wildman–Crippen LogP) is 2.52. The fraction of sp³-hybridized carbons (Fsp3) is 0.500. The van der Waals surface area contributed by atoms with Crippen LogP contribution in [-0.2, 0) is 16.0 Å². The maximum Gasteiger partial charge on any atom is 0.236 e. The van der Waals surface area contributed by atoms with Crippen LogP contribution < -0.4 is 14.4 Å². The molecule has 2 aromatic rings. The average molecular weight is 495 g/mol. The summed E-state index contributed by atoms with van der Waals surface area (Å²) in [7, 11) is 3.32. The molecule has 0 spiro atoms. The minimum atomic E-state index is 0.184. The van der Waals surface area contributed by atoms with E-state index in [4.69, 9.17) is 9.47 Å². The van der Waals surface area contributed by atoms with Crippen LogP contribution in [0.25, 0.3) is 0 Å². The third kappa shape index (κ3) is 6.91. The van der Waals surface area contributed by atoms with Crippen molar-refractivity contribution >= 4 is 17.5 Å². The molecule has 0 atom stereocenters. The fourth-order valence-electron chi connectivity index (χ4n) is 4.88. The van der Waals surface area contributed by atoms with E-state index in [-0.39, 0.29) is 11.8 Å². The first-order chi connectivity index (χ1) is 17.6. The van der Waals surface area contributed by atoms with E-state index >= 15 is 0 Å². The molecule has 0 radical (unpaired) electrons. The zero-order valence-corrected chi connectivity index (χ0v) is 21.5. The number of methoxy groups -OCH3 is 2. The molecule has 0 saturated carbocycles. The van der Waals surface area contributed by atoms with Crippen LogP contribution >= 0.6 is 0 Å². The minimum absolute atomic E-state index is 0.184. The minimum Gasteiger partial charge on any atom is -0.497 e. The SMILES string of the molecule is COc1ccc(CCC(=O)N2CCCN(CC(=O)N3CCN(c4ccc(OC)cc4)CC3)CC2)cc1. The van der Waals surface area contributed by atoms with Crippen molar-refractivity contribution in [3.05, 3.63) is 54.1 Å². The highest BCUT2D eigenvalue weighted by molar-refractivity contribution is 5.79. The third-order valence-corrected chi connectivity index (χ3v) is 7.16. The molecule has 0 bridgehead atoms. The Hall–Kier alpha value is -3.26. The molecule has 8 heteroatoms. The molecule has 4 rings (SSSR count). The zero-order valence-electron chi connectivity index (χ0n) is 21.5. The van der Waals surface area contributed by atoms with Gasteiger partial charge >= 0.3 is 0 Å². The highest BCUT2D eigenvalue weighted by Crippen LogP contribution is 2.21. The lowest BCUT2D eigenvalue weighted by atomic mass is 10.1. The van der Waals surface area contributed by atoms with Crippen molar-refractivity contribution in [3.8, 4) is 11.5 Å². The van der Waals surface area contributed by atoms with Gasteiger partial charge in [0.1, 0.15) is 11.5 Å². The monoisotopic (exact) mass is 494 g/mol. The van der Waals surface area contributed by atoms with Crippen LogP contribution in [0.4, 0.5) is 5.69 Å². The maximum absolute atomic E-state index is 13.0. The van der Waals surface area contributed by atoms with Gasteiger partial charge in [-0.3, -0.25) is 14.5 Å². The van der Waals surface area contributed by atoms with Gasteiger partial charge in [0.2, 0.25) is 11.8 Å². The lowest BCUT2D eigenvalue weighted by Crippen LogP contribution is -2.51. The number of nitrogens with zero attached hydrogens (tertiary/aromatic N) is 4. The number of piperazine rings is 1. The Morgan fingerprint density at radius 2 is 1.28 bits per heavy atom. The largest absolute Gasteiger partial charge is 0.497 e. The van der Waals surface area contributed by atoms with E-state index in [0.717, 1.165) is 81.4 Å². The van der Waals surface area contributed by atoms with Crippen LogP contribution in [0.2, 0.25) is 0 Å². The lowest BCUT2D eigenvalue weighted by molar-refractivity contribution is -0.132. The van der Waals surface area contributed by atoms with E-state index in [2.05, 4.69) is 21.9 Å². The van der Waals surface area contributed by atoms with Crippen molar-refractivity contribution in [1.82, 2.24) is 14.7 Å². The Labute approximate surface area is 214 Å². The molecular weight excluding hydrogens is 456 g/mol. The maximum atomic E-state index is 13.0. The normalized spacial score (nSPS) is 17.0. The van der Waals surface area contributed by atoms with Crippen LogP contribution in [0.15, 0.2) is 48.5 Å². The second kappa shape index (κ2) is 12.6. The van der Waals surface area contributed by atoms with Crippen LogP contribution in [0, 0.1) is 0 Å². The quantitative estimate of drug-likeness (QED) is 0.562. The van der Waals surface area contributed by atoms with Crippen LogP contribution in [0.1, 0.15) is 18.4 Å². The van der Waals surface area contributed by atoms with Gasteiger partial charge in [0.05, 0.1) is 20.8 Å². The summed E-state index contributed by atoms with van der Waals surface area (Å²) in [5.41, 5.74) is 2.30. The van der Waals surface area contributed by atoms with Crippen molar-refractivity contribution in [3.63, 3.8) is 0 Å². The van der Waals surface area contributed by atoms with Crippen LogP contribution in [-0.4, -0.2) is 99.6 Å². The number of benzene rings is 2. The Morgan fingerprint density at radius 3 is 1.92 bits per heavy atom. The molecule has 36 heavy (non-hydrogen) atoms. The van der Waals surface area contributed by atoms with Gasteiger partial charge in [0, 0.05) is 64.5 Å². The van der Waals surface area contributed by atoms with E-state index in [0.29, 0.717) is 19.5 Å². The number of rotatable bonds is 8. The number of ether oxygens (including phenoxy) is 2. The summed E-state index contributed by atoms with van der Waals surface area (Å²) in [6, 6.07) is 16.0. The molecule has 2 saturated heterocycles. The molecule has 0 N–H and O–H groups in total. The van der Waals surface area contributed by atoms with Crippen molar-refractivity contribution in [1.29, 1.82) is 0 Å². The number of aryl methyl sites for hydroxylation is 1. The van der Waals surface area contributed by atoms with Gasteiger partial charge in [0.15, 0.2) is 0 Å². The molecule has 2 fully saturated rings. The molecule has 8 nitrogen and oxygen atoms in total. The second-order valence-corrected chi connectivity index (χ2v) is 9.42. The van der Waals surface area contributed by atoms with E-state index < -0.39 is 0 Å². The van der Waals surface area contributed by atoms with E-state index in [9.17, 15) is 9.59 Å². The molecule has 2 aromatic carbocycles. The van der Waals surface area contributed by atoms with Crippen molar-refractivity contribution in [2.75, 3.05) is 78.0 Å². The molecule has 0 aliphatic carbocycles. The van der Waals surface area contributed by atoms with Crippen molar-refractivity contribution in [2.45, 2.75) is 19.3 Å². The van der Waals surface area contributed by atoms with Gasteiger partial charge in [-0.05, 0) is 54.8 Å². The fourth-order valence-corrected chi connectivity index (χ4v) is 4.88. The first-order valence-corrected chi connectivity index (χ1v) is 12.9. The predicted molar refractivity (Wildman–Crippen MR) is 141 cm³/mol. The van der Waals surface area contributed by atoms with Gasteiger partial charge in [-0.15, -0.1) is 0 Å². The number of hydrogen-bond donors (Lipinski definition) is 0. The average Bonchev–Trinajstić information content (AvgIpc) is 3.17. The number of hydrogen-bond acceptors (Lipinski definition) is 6. The summed E-state index contributed by atoms with van der Waals surface area (Å²) in [5, 5.41) is 0. The van der Waals surface area contributed by atoms with E-state index in [1.54, 1.807) is 14.2 Å². The third-order valence-electron chi connectivity index (χ3n) is 7.16. The highest BCUT2D eigenvalue weighted by Gasteiger charge is 2.25. The Kier molecular flexibility index (Phi) is 9.06. The molecule has 2 amide bonds. The Balaban J connectivity index is 1.18. The number of carbonyl (C=O) groups is 2. The molecule has 2 aliphatic rings. The van der Waals surface area contributed by atoms with Gasteiger partial charge in [0.25, 0.3) is 0 Å². The number of amides is 2. The van der Waals surface area contributed by atoms with Gasteiger partial charge in [-0.25, -0.2) is 0 Å². The molecule has 0 unspecified atom stereocenters. The second-order valence-electron chi connectivity index (χ2n) is 9.42. The van der Waals surface area contributed by atoms with E-state index in [1.165, 1.54) is 0 Å². The molecule has 0 aromatic heterocycles. The topological polar surface area (TPSA) is 65.6 Å². The lowest BCUT2D eigenvalue weighted by Gasteiger charge is -2.37. The van der Waals surface area contributed by atoms with Crippen LogP contribution in [0.5, 0.6) is 11.5 Å². The summed E-state index contributed by atoms with van der Waals surface area (Å²) in [5.74, 6) is 2.05. The molecule has 2 heterocycles. The molecule has 194 valence electrons. The summed E-state index contributed by atoms with van der Waals surface area (Å²) in [6.07, 6.45) is 2.13. The standard InChI is InChI=1S/C28H38N4O4/c1-35-25-9-4-23(5-10-25)6-13-27(33)31-15-3-14-29(16-17-31)22-28(34)32-20-18-30(19-21-32)24-7-11-26(36-2)12-8-24/h4-5,7-12H,3,6,13-22H2,1-2H3. The first kappa shape index (κ1) is 25.8. The first-order valence-electron chi connectivity index (χ1n) is 12.9. The van der Waals surface area contributed by atoms with Gasteiger partial charge in [-0.1, -0.05) is 12.1 Å². The highest BCUT2D eigenvalue weighted by atomic mass is 16.5. The number of carbonyl (C=O) groups excluding carboxylic acids is 2. The Morgan fingerprint density at radius 1 is 0.694 bits per heavy atom. The zero-order chi connectivity index (χ0) is 25.3. The van der Waals surface area contributed by atoms with Gasteiger partial charge in [-0.2, -0.15) is 0 Å². The number of anilines is 1. The summed E-state index contributed by atoms with van der Waals surface area (Å²) >= 11 is 0. The summed E-state index contributed by atoms with van der Waals surface area (Å²) < 4.78 is 10.4. The van der Waals surface area contributed by atoms with E-state index in [1.807, 2.05) is 46.2 Å². The molecule has 2 aliphatic heterocycles. The van der Waals surface area contributed by atoms with Crippen molar-refractivity contribution in [2.24, 2.45) is 0 Å². The van der Waals surface area contributed by atoms with Crippen LogP contribution in [0.3, 0.4) is 0 Å². The summed E-state index contributed by atoms with van der Waals surface area (Å²) in [4.78, 5) is 34.2.